The molecule has 0 unspecified atom stereocenters. The lowest BCUT2D eigenvalue weighted by atomic mass is 10.2. The van der Waals surface area contributed by atoms with Crippen molar-refractivity contribution in [1.29, 1.82) is 0 Å². The topological polar surface area (TPSA) is 60.9 Å². The van der Waals surface area contributed by atoms with Crippen LogP contribution in [0.5, 0.6) is 5.75 Å². The van der Waals surface area contributed by atoms with Gasteiger partial charge in [0.15, 0.2) is 0 Å². The largest absolute Gasteiger partial charge is 0.508 e. The minimum absolute atomic E-state index is 0.267. The minimum atomic E-state index is -3.54. The Kier molecular flexibility index (Phi) is 5.56. The number of hydrogen-bond donors (Lipinski definition) is 1. The number of anilines is 1. The molecule has 1 fully saturated rings. The Morgan fingerprint density at radius 3 is 2.07 bits per heavy atom. The molecule has 0 saturated carbocycles. The standard InChI is InChI=1S/C23H24N2O3S/c26-21-12-10-20(11-13-21)25-16-14-24(15-17-25)18-19-6-4-5-9-23(19)29(27,28)22-7-2-1-3-8-22/h1-13,26H,14-18H2. The molecular weight excluding hydrogens is 384 g/mol. The van der Waals surface area contributed by atoms with Crippen LogP contribution in [0.15, 0.2) is 88.7 Å². The third-order valence-corrected chi connectivity index (χ3v) is 7.17. The van der Waals surface area contributed by atoms with Gasteiger partial charge in [-0.25, -0.2) is 8.42 Å². The Bertz CT molecular complexity index is 1060. The lowest BCUT2D eigenvalue weighted by Gasteiger charge is -2.36. The van der Waals surface area contributed by atoms with Crippen molar-refractivity contribution in [3.8, 4) is 5.75 Å². The van der Waals surface area contributed by atoms with Crippen molar-refractivity contribution in [3.63, 3.8) is 0 Å². The van der Waals surface area contributed by atoms with Gasteiger partial charge in [0.25, 0.3) is 0 Å². The van der Waals surface area contributed by atoms with E-state index in [1.807, 2.05) is 30.3 Å². The highest BCUT2D eigenvalue weighted by atomic mass is 32.2. The van der Waals surface area contributed by atoms with E-state index >= 15 is 0 Å². The molecule has 6 heteroatoms. The summed E-state index contributed by atoms with van der Waals surface area (Å²) >= 11 is 0. The van der Waals surface area contributed by atoms with E-state index in [-0.39, 0.29) is 5.75 Å². The van der Waals surface area contributed by atoms with E-state index in [2.05, 4.69) is 9.80 Å². The van der Waals surface area contributed by atoms with Gasteiger partial charge in [-0.1, -0.05) is 36.4 Å². The van der Waals surface area contributed by atoms with Gasteiger partial charge in [-0.3, -0.25) is 4.90 Å². The molecule has 5 nitrogen and oxygen atoms in total. The zero-order valence-corrected chi connectivity index (χ0v) is 16.9. The molecule has 1 aliphatic heterocycles. The number of sulfone groups is 1. The van der Waals surface area contributed by atoms with Crippen LogP contribution in [0.1, 0.15) is 5.56 Å². The van der Waals surface area contributed by atoms with Gasteiger partial charge >= 0.3 is 0 Å². The number of phenolic OH excluding ortho intramolecular Hbond substituents is 1. The van der Waals surface area contributed by atoms with Crippen LogP contribution in [0.25, 0.3) is 0 Å². The first-order valence-electron chi connectivity index (χ1n) is 9.68. The average Bonchev–Trinajstić information content (AvgIpc) is 2.76. The molecule has 4 rings (SSSR count). The highest BCUT2D eigenvalue weighted by Crippen LogP contribution is 2.26. The Balaban J connectivity index is 1.48. The highest BCUT2D eigenvalue weighted by molar-refractivity contribution is 7.91. The number of hydrogen-bond acceptors (Lipinski definition) is 5. The minimum Gasteiger partial charge on any atom is -0.508 e. The van der Waals surface area contributed by atoms with Gasteiger partial charge in [0.1, 0.15) is 5.75 Å². The number of rotatable bonds is 5. The third-order valence-electron chi connectivity index (χ3n) is 5.30. The van der Waals surface area contributed by atoms with Crippen molar-refractivity contribution in [3.05, 3.63) is 84.4 Å². The zero-order valence-electron chi connectivity index (χ0n) is 16.1. The molecule has 0 spiro atoms. The molecular formula is C23H24N2O3S. The van der Waals surface area contributed by atoms with Crippen molar-refractivity contribution in [1.82, 2.24) is 4.90 Å². The number of benzene rings is 3. The summed E-state index contributed by atoms with van der Waals surface area (Å²) < 4.78 is 26.2. The van der Waals surface area contributed by atoms with Crippen LogP contribution < -0.4 is 4.90 Å². The van der Waals surface area contributed by atoms with Crippen LogP contribution in [-0.2, 0) is 16.4 Å². The highest BCUT2D eigenvalue weighted by Gasteiger charge is 2.23. The fourth-order valence-corrected chi connectivity index (χ4v) is 5.20. The second-order valence-electron chi connectivity index (χ2n) is 7.20. The monoisotopic (exact) mass is 408 g/mol. The molecule has 0 bridgehead atoms. The van der Waals surface area contributed by atoms with Crippen molar-refractivity contribution in [2.75, 3.05) is 31.1 Å². The quantitative estimate of drug-likeness (QED) is 0.700. The number of aromatic hydroxyl groups is 1. The Morgan fingerprint density at radius 2 is 1.38 bits per heavy atom. The lowest BCUT2D eigenvalue weighted by Crippen LogP contribution is -2.46. The molecule has 150 valence electrons. The Hall–Kier alpha value is -2.83. The van der Waals surface area contributed by atoms with E-state index in [0.29, 0.717) is 16.3 Å². The second kappa shape index (κ2) is 8.27. The van der Waals surface area contributed by atoms with Gasteiger partial charge in [0.2, 0.25) is 9.84 Å². The van der Waals surface area contributed by atoms with Crippen molar-refractivity contribution < 1.29 is 13.5 Å². The first-order valence-corrected chi connectivity index (χ1v) is 11.2. The summed E-state index contributed by atoms with van der Waals surface area (Å²) in [5, 5.41) is 9.46. The summed E-state index contributed by atoms with van der Waals surface area (Å²) in [6, 6.07) is 23.1. The van der Waals surface area contributed by atoms with Crippen LogP contribution in [0.4, 0.5) is 5.69 Å². The molecule has 0 radical (unpaired) electrons. The average molecular weight is 409 g/mol. The molecule has 0 aliphatic carbocycles. The number of nitrogens with zero attached hydrogens (tertiary/aromatic N) is 2. The fraction of sp³-hybridized carbons (Fsp3) is 0.217. The summed E-state index contributed by atoms with van der Waals surface area (Å²) in [5.41, 5.74) is 1.92. The molecule has 1 aliphatic rings. The second-order valence-corrected chi connectivity index (χ2v) is 9.12. The molecule has 0 aromatic heterocycles. The van der Waals surface area contributed by atoms with E-state index < -0.39 is 9.84 Å². The Labute approximate surface area is 171 Å². The van der Waals surface area contributed by atoms with E-state index in [0.717, 1.165) is 37.4 Å². The normalized spacial score (nSPS) is 15.4. The Morgan fingerprint density at radius 1 is 0.759 bits per heavy atom. The van der Waals surface area contributed by atoms with E-state index in [1.165, 1.54) is 0 Å². The van der Waals surface area contributed by atoms with Crippen LogP contribution >= 0.6 is 0 Å². The number of piperazine rings is 1. The van der Waals surface area contributed by atoms with Gasteiger partial charge in [-0.05, 0) is 48.0 Å². The van der Waals surface area contributed by atoms with Gasteiger partial charge < -0.3 is 10.0 Å². The fourth-order valence-electron chi connectivity index (χ4n) is 3.69. The zero-order chi connectivity index (χ0) is 20.3. The molecule has 1 heterocycles. The first-order chi connectivity index (χ1) is 14.0. The number of phenols is 1. The summed E-state index contributed by atoms with van der Waals surface area (Å²) in [4.78, 5) is 5.27. The van der Waals surface area contributed by atoms with Gasteiger partial charge in [0.05, 0.1) is 9.79 Å². The SMILES string of the molecule is O=S(=O)(c1ccccc1)c1ccccc1CN1CCN(c2ccc(O)cc2)CC1. The predicted molar refractivity (Wildman–Crippen MR) is 114 cm³/mol. The first kappa shape index (κ1) is 19.5. The molecule has 3 aromatic carbocycles. The molecule has 0 atom stereocenters. The molecule has 3 aromatic rings. The van der Waals surface area contributed by atoms with Crippen molar-refractivity contribution in [2.45, 2.75) is 16.3 Å². The van der Waals surface area contributed by atoms with E-state index in [1.54, 1.807) is 48.5 Å². The van der Waals surface area contributed by atoms with E-state index in [9.17, 15) is 13.5 Å². The lowest BCUT2D eigenvalue weighted by molar-refractivity contribution is 0.248. The van der Waals surface area contributed by atoms with Crippen LogP contribution in [0.3, 0.4) is 0 Å². The van der Waals surface area contributed by atoms with Crippen LogP contribution in [0, 0.1) is 0 Å². The van der Waals surface area contributed by atoms with Crippen LogP contribution in [0.2, 0.25) is 0 Å². The molecule has 29 heavy (non-hydrogen) atoms. The van der Waals surface area contributed by atoms with Gasteiger partial charge in [-0.15, -0.1) is 0 Å². The predicted octanol–water partition coefficient (Wildman–Crippen LogP) is 3.55. The van der Waals surface area contributed by atoms with E-state index in [4.69, 9.17) is 0 Å². The maximum atomic E-state index is 13.1. The third kappa shape index (κ3) is 4.28. The maximum Gasteiger partial charge on any atom is 0.206 e. The summed E-state index contributed by atoms with van der Waals surface area (Å²) in [7, 11) is -3.54. The molecule has 1 saturated heterocycles. The summed E-state index contributed by atoms with van der Waals surface area (Å²) in [6.07, 6.45) is 0. The maximum absolute atomic E-state index is 13.1. The molecule has 1 N–H and O–H groups in total. The van der Waals surface area contributed by atoms with Crippen LogP contribution in [-0.4, -0.2) is 44.6 Å². The van der Waals surface area contributed by atoms with Crippen molar-refractivity contribution in [2.24, 2.45) is 0 Å². The van der Waals surface area contributed by atoms with Gasteiger partial charge in [0, 0.05) is 38.4 Å². The molecule has 0 amide bonds. The summed E-state index contributed by atoms with van der Waals surface area (Å²) in [5.74, 6) is 0.267. The van der Waals surface area contributed by atoms with Crippen molar-refractivity contribution >= 4 is 15.5 Å². The summed E-state index contributed by atoms with van der Waals surface area (Å²) in [6.45, 7) is 4.02. The smallest absolute Gasteiger partial charge is 0.206 e. The van der Waals surface area contributed by atoms with Gasteiger partial charge in [-0.2, -0.15) is 0 Å².